The molecule has 1 fully saturated rings. The van der Waals surface area contributed by atoms with E-state index in [-0.39, 0.29) is 0 Å². The third-order valence-electron chi connectivity index (χ3n) is 3.45. The zero-order chi connectivity index (χ0) is 12.4. The standard InChI is InChI=1S/C14H18N4/c1-18-8-4-6-12(10-18)16-14-15-9-11-5-2-3-7-13(11)17-14/h2-3,5,7,9,12H,4,6,8,10H2,1H3,(H,15,16,17). The molecule has 0 radical (unpaired) electrons. The van der Waals surface area contributed by atoms with Gasteiger partial charge in [-0.3, -0.25) is 0 Å². The average Bonchev–Trinajstić information content (AvgIpc) is 2.39. The number of aromatic nitrogens is 2. The zero-order valence-corrected chi connectivity index (χ0v) is 10.6. The van der Waals surface area contributed by atoms with Crippen LogP contribution in [0.5, 0.6) is 0 Å². The molecular formula is C14H18N4. The largest absolute Gasteiger partial charge is 0.350 e. The summed E-state index contributed by atoms with van der Waals surface area (Å²) < 4.78 is 0. The summed E-state index contributed by atoms with van der Waals surface area (Å²) in [6, 6.07) is 8.54. The van der Waals surface area contributed by atoms with Crippen LogP contribution >= 0.6 is 0 Å². The van der Waals surface area contributed by atoms with Crippen LogP contribution in [0.3, 0.4) is 0 Å². The molecule has 1 aromatic carbocycles. The molecule has 1 aliphatic heterocycles. The van der Waals surface area contributed by atoms with Gasteiger partial charge in [0, 0.05) is 24.2 Å². The van der Waals surface area contributed by atoms with Gasteiger partial charge in [-0.15, -0.1) is 0 Å². The van der Waals surface area contributed by atoms with Crippen LogP contribution in [-0.4, -0.2) is 41.0 Å². The van der Waals surface area contributed by atoms with Gasteiger partial charge in [-0.2, -0.15) is 0 Å². The van der Waals surface area contributed by atoms with Crippen LogP contribution in [0.4, 0.5) is 5.95 Å². The molecule has 4 heteroatoms. The van der Waals surface area contributed by atoms with E-state index in [1.54, 1.807) is 0 Å². The van der Waals surface area contributed by atoms with Crippen molar-refractivity contribution >= 4 is 16.9 Å². The minimum atomic E-state index is 0.463. The Morgan fingerprint density at radius 3 is 3.11 bits per heavy atom. The number of likely N-dealkylation sites (tertiary alicyclic amines) is 1. The number of rotatable bonds is 2. The number of benzene rings is 1. The minimum Gasteiger partial charge on any atom is -0.350 e. The summed E-state index contributed by atoms with van der Waals surface area (Å²) in [4.78, 5) is 11.3. The first kappa shape index (κ1) is 11.4. The Morgan fingerprint density at radius 1 is 1.33 bits per heavy atom. The van der Waals surface area contributed by atoms with E-state index in [1.165, 1.54) is 19.4 Å². The molecule has 1 atom stereocenters. The van der Waals surface area contributed by atoms with Gasteiger partial charge in [0.1, 0.15) is 0 Å². The van der Waals surface area contributed by atoms with E-state index in [1.807, 2.05) is 30.5 Å². The smallest absolute Gasteiger partial charge is 0.223 e. The summed E-state index contributed by atoms with van der Waals surface area (Å²) >= 11 is 0. The molecule has 2 aromatic rings. The highest BCUT2D eigenvalue weighted by atomic mass is 15.2. The van der Waals surface area contributed by atoms with E-state index in [9.17, 15) is 0 Å². The predicted molar refractivity (Wildman–Crippen MR) is 73.7 cm³/mol. The monoisotopic (exact) mass is 242 g/mol. The summed E-state index contributed by atoms with van der Waals surface area (Å²) in [5.41, 5.74) is 0.999. The predicted octanol–water partition coefficient (Wildman–Crippen LogP) is 2.14. The Morgan fingerprint density at radius 2 is 2.22 bits per heavy atom. The van der Waals surface area contributed by atoms with Crippen LogP contribution in [0.2, 0.25) is 0 Å². The first-order valence-electron chi connectivity index (χ1n) is 6.48. The van der Waals surface area contributed by atoms with Crippen LogP contribution in [-0.2, 0) is 0 Å². The van der Waals surface area contributed by atoms with Gasteiger partial charge in [0.2, 0.25) is 5.95 Å². The normalized spacial score (nSPS) is 21.1. The highest BCUT2D eigenvalue weighted by Crippen LogP contribution is 2.15. The Kier molecular flexibility index (Phi) is 3.11. The van der Waals surface area contributed by atoms with Crippen molar-refractivity contribution in [1.29, 1.82) is 0 Å². The van der Waals surface area contributed by atoms with E-state index < -0.39 is 0 Å². The second kappa shape index (κ2) is 4.90. The molecule has 1 aliphatic rings. The number of piperidine rings is 1. The first-order valence-corrected chi connectivity index (χ1v) is 6.48. The van der Waals surface area contributed by atoms with Crippen LogP contribution < -0.4 is 5.32 Å². The van der Waals surface area contributed by atoms with Crippen molar-refractivity contribution in [3.8, 4) is 0 Å². The number of likely N-dealkylation sites (N-methyl/N-ethyl adjacent to an activating group) is 1. The van der Waals surface area contributed by atoms with Crippen molar-refractivity contribution in [2.75, 3.05) is 25.5 Å². The number of fused-ring (bicyclic) bond motifs is 1. The van der Waals surface area contributed by atoms with E-state index in [0.717, 1.165) is 23.4 Å². The molecule has 1 aromatic heterocycles. The summed E-state index contributed by atoms with van der Waals surface area (Å²) in [6.45, 7) is 2.26. The fourth-order valence-corrected chi connectivity index (χ4v) is 2.51. The zero-order valence-electron chi connectivity index (χ0n) is 10.6. The molecule has 3 rings (SSSR count). The number of nitrogens with one attached hydrogen (secondary N) is 1. The van der Waals surface area contributed by atoms with Gasteiger partial charge in [-0.25, -0.2) is 9.97 Å². The third-order valence-corrected chi connectivity index (χ3v) is 3.45. The van der Waals surface area contributed by atoms with E-state index in [0.29, 0.717) is 6.04 Å². The SMILES string of the molecule is CN1CCCC(Nc2ncc3ccccc3n2)C1. The molecule has 0 aliphatic carbocycles. The number of hydrogen-bond donors (Lipinski definition) is 1. The van der Waals surface area contributed by atoms with Crippen molar-refractivity contribution in [3.63, 3.8) is 0 Å². The van der Waals surface area contributed by atoms with Gasteiger partial charge in [-0.05, 0) is 32.5 Å². The maximum atomic E-state index is 4.55. The van der Waals surface area contributed by atoms with E-state index in [4.69, 9.17) is 0 Å². The molecule has 1 unspecified atom stereocenters. The van der Waals surface area contributed by atoms with Gasteiger partial charge in [-0.1, -0.05) is 18.2 Å². The van der Waals surface area contributed by atoms with Gasteiger partial charge in [0.05, 0.1) is 5.52 Å². The molecule has 94 valence electrons. The summed E-state index contributed by atoms with van der Waals surface area (Å²) in [6.07, 6.45) is 4.32. The average molecular weight is 242 g/mol. The Labute approximate surface area is 107 Å². The van der Waals surface area contributed by atoms with Crippen molar-refractivity contribution in [3.05, 3.63) is 30.5 Å². The summed E-state index contributed by atoms with van der Waals surface area (Å²) in [5.74, 6) is 0.744. The van der Waals surface area contributed by atoms with Gasteiger partial charge in [0.25, 0.3) is 0 Å². The summed E-state index contributed by atoms with van der Waals surface area (Å²) in [7, 11) is 2.16. The second-order valence-electron chi connectivity index (χ2n) is 5.00. The lowest BCUT2D eigenvalue weighted by Crippen LogP contribution is -2.40. The van der Waals surface area contributed by atoms with Crippen LogP contribution in [0.15, 0.2) is 30.5 Å². The minimum absolute atomic E-state index is 0.463. The van der Waals surface area contributed by atoms with Crippen molar-refractivity contribution in [2.45, 2.75) is 18.9 Å². The molecule has 0 bridgehead atoms. The Bertz CT molecular complexity index is 540. The quantitative estimate of drug-likeness (QED) is 0.876. The number of para-hydroxylation sites is 1. The Balaban J connectivity index is 1.78. The molecule has 18 heavy (non-hydrogen) atoms. The Hall–Kier alpha value is -1.68. The van der Waals surface area contributed by atoms with Gasteiger partial charge >= 0.3 is 0 Å². The van der Waals surface area contributed by atoms with Crippen molar-refractivity contribution < 1.29 is 0 Å². The maximum Gasteiger partial charge on any atom is 0.223 e. The van der Waals surface area contributed by atoms with Crippen molar-refractivity contribution in [1.82, 2.24) is 14.9 Å². The topological polar surface area (TPSA) is 41.0 Å². The van der Waals surface area contributed by atoms with Crippen molar-refractivity contribution in [2.24, 2.45) is 0 Å². The molecular weight excluding hydrogens is 224 g/mol. The molecule has 0 amide bonds. The lowest BCUT2D eigenvalue weighted by atomic mass is 10.1. The number of hydrogen-bond acceptors (Lipinski definition) is 4. The molecule has 4 nitrogen and oxygen atoms in total. The van der Waals surface area contributed by atoms with E-state index >= 15 is 0 Å². The van der Waals surface area contributed by atoms with Crippen LogP contribution in [0.1, 0.15) is 12.8 Å². The van der Waals surface area contributed by atoms with Gasteiger partial charge < -0.3 is 10.2 Å². The van der Waals surface area contributed by atoms with E-state index in [2.05, 4.69) is 27.2 Å². The van der Waals surface area contributed by atoms with Crippen LogP contribution in [0, 0.1) is 0 Å². The van der Waals surface area contributed by atoms with Gasteiger partial charge in [0.15, 0.2) is 0 Å². The van der Waals surface area contributed by atoms with Crippen LogP contribution in [0.25, 0.3) is 10.9 Å². The highest BCUT2D eigenvalue weighted by molar-refractivity contribution is 5.78. The first-order chi connectivity index (χ1) is 8.81. The molecule has 1 N–H and O–H groups in total. The second-order valence-corrected chi connectivity index (χ2v) is 5.00. The molecule has 0 spiro atoms. The molecule has 1 saturated heterocycles. The third kappa shape index (κ3) is 2.43. The lowest BCUT2D eigenvalue weighted by molar-refractivity contribution is 0.260. The fourth-order valence-electron chi connectivity index (χ4n) is 2.51. The summed E-state index contributed by atoms with van der Waals surface area (Å²) in [5, 5.41) is 4.53. The fraction of sp³-hybridized carbons (Fsp3) is 0.429. The molecule has 2 heterocycles. The highest BCUT2D eigenvalue weighted by Gasteiger charge is 2.17. The number of anilines is 1. The number of nitrogens with zero attached hydrogens (tertiary/aromatic N) is 3. The molecule has 0 saturated carbocycles. The lowest BCUT2D eigenvalue weighted by Gasteiger charge is -2.30. The maximum absolute atomic E-state index is 4.55.